The molecule has 0 aromatic carbocycles. The van der Waals surface area contributed by atoms with Crippen molar-refractivity contribution in [3.63, 3.8) is 0 Å². The first-order chi connectivity index (χ1) is 9.58. The van der Waals surface area contributed by atoms with Crippen LogP contribution in [0.3, 0.4) is 0 Å². The lowest BCUT2D eigenvalue weighted by Gasteiger charge is -2.31. The Hall–Kier alpha value is -1.14. The minimum Gasteiger partial charge on any atom is -0.337 e. The van der Waals surface area contributed by atoms with Crippen molar-refractivity contribution < 1.29 is 4.52 Å². The van der Waals surface area contributed by atoms with E-state index in [2.05, 4.69) is 40.8 Å². The molecule has 0 bridgehead atoms. The van der Waals surface area contributed by atoms with Gasteiger partial charge in [-0.2, -0.15) is 4.98 Å². The number of piperazine rings is 1. The molecule has 0 spiro atoms. The summed E-state index contributed by atoms with van der Waals surface area (Å²) in [6.07, 6.45) is 1.89. The highest BCUT2D eigenvalue weighted by molar-refractivity contribution is 5.28. The highest BCUT2D eigenvalue weighted by Crippen LogP contribution is 2.18. The molecule has 0 unspecified atom stereocenters. The maximum Gasteiger partial charge on any atom is 0.266 e. The molecule has 1 saturated heterocycles. The van der Waals surface area contributed by atoms with Crippen LogP contribution in [0.15, 0.2) is 4.52 Å². The van der Waals surface area contributed by atoms with E-state index in [0.29, 0.717) is 18.4 Å². The summed E-state index contributed by atoms with van der Waals surface area (Å²) in [5, 5.41) is 4.11. The first kappa shape index (κ1) is 15.3. The van der Waals surface area contributed by atoms with Crippen molar-refractivity contribution in [2.45, 2.75) is 26.7 Å². The lowest BCUT2D eigenvalue weighted by Crippen LogP contribution is -2.44. The average molecular weight is 281 g/mol. The Kier molecular flexibility index (Phi) is 5.37. The molecule has 20 heavy (non-hydrogen) atoms. The lowest BCUT2D eigenvalue weighted by atomic mass is 9.94. The van der Waals surface area contributed by atoms with Crippen molar-refractivity contribution >= 4 is 5.95 Å². The molecule has 6 nitrogen and oxygen atoms in total. The van der Waals surface area contributed by atoms with Crippen molar-refractivity contribution in [1.82, 2.24) is 15.0 Å². The summed E-state index contributed by atoms with van der Waals surface area (Å²) < 4.78 is 5.39. The van der Waals surface area contributed by atoms with Gasteiger partial charge in [-0.05, 0) is 37.0 Å². The third-order valence-electron chi connectivity index (χ3n) is 3.84. The quantitative estimate of drug-likeness (QED) is 0.838. The van der Waals surface area contributed by atoms with Gasteiger partial charge in [0.2, 0.25) is 5.89 Å². The summed E-state index contributed by atoms with van der Waals surface area (Å²) in [6, 6.07) is 0. The maximum absolute atomic E-state index is 5.83. The van der Waals surface area contributed by atoms with Crippen LogP contribution in [0.2, 0.25) is 0 Å². The van der Waals surface area contributed by atoms with Crippen molar-refractivity contribution in [1.29, 1.82) is 0 Å². The molecule has 114 valence electrons. The molecule has 1 aliphatic rings. The molecular weight excluding hydrogens is 254 g/mol. The second-order valence-electron chi connectivity index (χ2n) is 6.21. The second kappa shape index (κ2) is 7.04. The molecule has 2 heterocycles. The Labute approximate surface area is 121 Å². The van der Waals surface area contributed by atoms with Gasteiger partial charge in [-0.15, -0.1) is 0 Å². The molecule has 0 amide bonds. The molecule has 2 rings (SSSR count). The molecule has 1 atom stereocenters. The van der Waals surface area contributed by atoms with E-state index in [9.17, 15) is 0 Å². The highest BCUT2D eigenvalue weighted by Gasteiger charge is 2.20. The van der Waals surface area contributed by atoms with Crippen LogP contribution in [0.5, 0.6) is 0 Å². The van der Waals surface area contributed by atoms with Crippen molar-refractivity contribution in [3.8, 4) is 0 Å². The predicted octanol–water partition coefficient (Wildman–Crippen LogP) is 0.985. The van der Waals surface area contributed by atoms with Gasteiger partial charge in [-0.25, -0.2) is 0 Å². The molecule has 1 aromatic heterocycles. The zero-order valence-corrected chi connectivity index (χ0v) is 12.9. The van der Waals surface area contributed by atoms with Gasteiger partial charge in [-0.1, -0.05) is 13.8 Å². The molecule has 1 aliphatic heterocycles. The fourth-order valence-corrected chi connectivity index (χ4v) is 2.64. The van der Waals surface area contributed by atoms with Gasteiger partial charge in [-0.3, -0.25) is 0 Å². The molecule has 2 N–H and O–H groups in total. The number of hydrogen-bond acceptors (Lipinski definition) is 6. The van der Waals surface area contributed by atoms with E-state index in [1.165, 1.54) is 0 Å². The van der Waals surface area contributed by atoms with Crippen LogP contribution in [0.1, 0.15) is 26.2 Å². The van der Waals surface area contributed by atoms with Gasteiger partial charge in [0.05, 0.1) is 0 Å². The minimum atomic E-state index is 0.427. The third kappa shape index (κ3) is 4.18. The summed E-state index contributed by atoms with van der Waals surface area (Å²) in [4.78, 5) is 9.03. The molecule has 0 radical (unpaired) electrons. The fraction of sp³-hybridized carbons (Fsp3) is 0.857. The van der Waals surface area contributed by atoms with Crippen LogP contribution in [-0.2, 0) is 6.42 Å². The van der Waals surface area contributed by atoms with Crippen LogP contribution in [0.25, 0.3) is 0 Å². The zero-order chi connectivity index (χ0) is 14.5. The molecule has 1 aromatic rings. The van der Waals surface area contributed by atoms with Crippen LogP contribution in [-0.4, -0.2) is 54.8 Å². The van der Waals surface area contributed by atoms with Gasteiger partial charge < -0.3 is 20.1 Å². The van der Waals surface area contributed by atoms with Crippen molar-refractivity contribution in [2.75, 3.05) is 44.7 Å². The summed E-state index contributed by atoms with van der Waals surface area (Å²) in [5.74, 6) is 2.52. The smallest absolute Gasteiger partial charge is 0.266 e. The average Bonchev–Trinajstić information content (AvgIpc) is 2.87. The second-order valence-corrected chi connectivity index (χ2v) is 6.21. The first-order valence-electron chi connectivity index (χ1n) is 7.54. The number of rotatable bonds is 6. The Balaban J connectivity index is 1.91. The topological polar surface area (TPSA) is 71.4 Å². The summed E-state index contributed by atoms with van der Waals surface area (Å²) >= 11 is 0. The largest absolute Gasteiger partial charge is 0.337 e. The molecule has 6 heteroatoms. The summed E-state index contributed by atoms with van der Waals surface area (Å²) in [7, 11) is 2.14. The lowest BCUT2D eigenvalue weighted by molar-refractivity contribution is 0.307. The number of anilines is 1. The number of aromatic nitrogens is 2. The molecule has 0 saturated carbocycles. The first-order valence-corrected chi connectivity index (χ1v) is 7.54. The van der Waals surface area contributed by atoms with Gasteiger partial charge in [0.25, 0.3) is 5.95 Å². The normalized spacial score (nSPS) is 18.8. The monoisotopic (exact) mass is 281 g/mol. The predicted molar refractivity (Wildman–Crippen MR) is 79.7 cm³/mol. The van der Waals surface area contributed by atoms with Gasteiger partial charge in [0, 0.05) is 32.6 Å². The van der Waals surface area contributed by atoms with E-state index in [1.807, 2.05) is 0 Å². The van der Waals surface area contributed by atoms with E-state index >= 15 is 0 Å². The van der Waals surface area contributed by atoms with Gasteiger partial charge >= 0.3 is 0 Å². The van der Waals surface area contributed by atoms with Crippen LogP contribution in [0, 0.1) is 11.8 Å². The molecule has 0 aliphatic carbocycles. The SMILES string of the molecule is CC(C)C[C@H](CN)Cc1nc(N2CCN(C)CC2)no1. The summed E-state index contributed by atoms with van der Waals surface area (Å²) in [6.45, 7) is 9.11. The standard InChI is InChI=1S/C14H27N5O/c1-11(2)8-12(10-15)9-13-16-14(17-20-13)19-6-4-18(3)5-7-19/h11-12H,4-10,15H2,1-3H3/t12-/m0/s1. The van der Waals surface area contributed by atoms with E-state index < -0.39 is 0 Å². The Bertz CT molecular complexity index is 398. The van der Waals surface area contributed by atoms with E-state index in [-0.39, 0.29) is 0 Å². The Morgan fingerprint density at radius 3 is 2.55 bits per heavy atom. The maximum atomic E-state index is 5.83. The summed E-state index contributed by atoms with van der Waals surface area (Å²) in [5.41, 5.74) is 5.83. The number of hydrogen-bond donors (Lipinski definition) is 1. The van der Waals surface area contributed by atoms with Crippen molar-refractivity contribution in [2.24, 2.45) is 17.6 Å². The minimum absolute atomic E-state index is 0.427. The third-order valence-corrected chi connectivity index (χ3v) is 3.84. The van der Waals surface area contributed by atoms with Crippen LogP contribution >= 0.6 is 0 Å². The highest BCUT2D eigenvalue weighted by atomic mass is 16.5. The van der Waals surface area contributed by atoms with Crippen LogP contribution in [0.4, 0.5) is 5.95 Å². The number of nitrogens with zero attached hydrogens (tertiary/aromatic N) is 4. The van der Waals surface area contributed by atoms with E-state index in [1.54, 1.807) is 0 Å². The van der Waals surface area contributed by atoms with Crippen LogP contribution < -0.4 is 10.6 Å². The van der Waals surface area contributed by atoms with Gasteiger partial charge in [0.15, 0.2) is 0 Å². The molecular formula is C14H27N5O. The fourth-order valence-electron chi connectivity index (χ4n) is 2.64. The van der Waals surface area contributed by atoms with E-state index in [4.69, 9.17) is 10.3 Å². The Morgan fingerprint density at radius 2 is 1.95 bits per heavy atom. The van der Waals surface area contributed by atoms with Crippen molar-refractivity contribution in [3.05, 3.63) is 5.89 Å². The number of nitrogens with two attached hydrogens (primary N) is 1. The number of likely N-dealkylation sites (N-methyl/N-ethyl adjacent to an activating group) is 1. The van der Waals surface area contributed by atoms with E-state index in [0.717, 1.165) is 50.9 Å². The van der Waals surface area contributed by atoms with Gasteiger partial charge in [0.1, 0.15) is 0 Å². The molecule has 1 fully saturated rings. The zero-order valence-electron chi connectivity index (χ0n) is 12.9. The Morgan fingerprint density at radius 1 is 1.25 bits per heavy atom.